The molecule has 0 fully saturated rings. The molecule has 0 aliphatic carbocycles. The topological polar surface area (TPSA) is 72.7 Å². The molecule has 6 nitrogen and oxygen atoms in total. The van der Waals surface area contributed by atoms with E-state index >= 15 is 0 Å². The lowest BCUT2D eigenvalue weighted by Gasteiger charge is -2.07. The number of pyridine rings is 1. The van der Waals surface area contributed by atoms with Gasteiger partial charge in [-0.15, -0.1) is 5.10 Å². The quantitative estimate of drug-likeness (QED) is 0.577. The molecule has 6 heteroatoms. The molecule has 0 spiro atoms. The van der Waals surface area contributed by atoms with Crippen LogP contribution < -0.4 is 5.32 Å². The standard InChI is InChI=1S/C22H19N5O/c1-16-8-7-11-18(14-16)21(28)27-22(24-15-17-9-3-2-4-10-17)25-20(26-27)19-12-5-6-13-23-19/h2-14H,15H2,1H3,(H,24,25,26). The van der Waals surface area contributed by atoms with Crippen molar-refractivity contribution in [2.75, 3.05) is 5.32 Å². The summed E-state index contributed by atoms with van der Waals surface area (Å²) in [6.45, 7) is 2.48. The van der Waals surface area contributed by atoms with Gasteiger partial charge in [-0.2, -0.15) is 9.67 Å². The second-order valence-corrected chi connectivity index (χ2v) is 6.40. The molecular formula is C22H19N5O. The van der Waals surface area contributed by atoms with E-state index < -0.39 is 0 Å². The van der Waals surface area contributed by atoms with Gasteiger partial charge in [0.05, 0.1) is 0 Å². The van der Waals surface area contributed by atoms with Crippen molar-refractivity contribution in [2.45, 2.75) is 13.5 Å². The Morgan fingerprint density at radius 1 is 1.00 bits per heavy atom. The van der Waals surface area contributed by atoms with E-state index in [2.05, 4.69) is 20.4 Å². The van der Waals surface area contributed by atoms with Crippen molar-refractivity contribution in [1.82, 2.24) is 19.7 Å². The number of rotatable bonds is 5. The van der Waals surface area contributed by atoms with Crippen molar-refractivity contribution in [3.05, 3.63) is 95.7 Å². The lowest BCUT2D eigenvalue weighted by molar-refractivity contribution is 0.0947. The SMILES string of the molecule is Cc1cccc(C(=O)n2nc(-c3ccccn3)nc2NCc2ccccc2)c1. The number of hydrogen-bond donors (Lipinski definition) is 1. The van der Waals surface area contributed by atoms with E-state index in [1.165, 1.54) is 4.68 Å². The molecular weight excluding hydrogens is 350 g/mol. The summed E-state index contributed by atoms with van der Waals surface area (Å²) in [6.07, 6.45) is 1.68. The first-order chi connectivity index (χ1) is 13.7. The molecule has 138 valence electrons. The first kappa shape index (κ1) is 17.6. The second kappa shape index (κ2) is 7.84. The first-order valence-electron chi connectivity index (χ1n) is 8.98. The Bertz CT molecular complexity index is 1090. The molecule has 2 aromatic heterocycles. The molecule has 1 N–H and O–H groups in total. The van der Waals surface area contributed by atoms with Crippen LogP contribution in [0.5, 0.6) is 0 Å². The van der Waals surface area contributed by atoms with Gasteiger partial charge in [-0.25, -0.2) is 0 Å². The average molecular weight is 369 g/mol. The number of carbonyl (C=O) groups excluding carboxylic acids is 1. The number of nitrogens with zero attached hydrogens (tertiary/aromatic N) is 4. The zero-order valence-electron chi connectivity index (χ0n) is 15.4. The zero-order chi connectivity index (χ0) is 19.3. The largest absolute Gasteiger partial charge is 0.350 e. The summed E-state index contributed by atoms with van der Waals surface area (Å²) in [5, 5.41) is 7.66. The van der Waals surface area contributed by atoms with Gasteiger partial charge in [0.1, 0.15) is 5.69 Å². The molecule has 0 aliphatic heterocycles. The van der Waals surface area contributed by atoms with Crippen molar-refractivity contribution < 1.29 is 4.79 Å². The predicted molar refractivity (Wildman–Crippen MR) is 108 cm³/mol. The van der Waals surface area contributed by atoms with E-state index in [4.69, 9.17) is 0 Å². The fraction of sp³-hybridized carbons (Fsp3) is 0.0909. The van der Waals surface area contributed by atoms with Crippen LogP contribution in [0.25, 0.3) is 11.5 Å². The van der Waals surface area contributed by atoms with Gasteiger partial charge in [0.2, 0.25) is 11.8 Å². The van der Waals surface area contributed by atoms with Gasteiger partial charge in [0, 0.05) is 18.3 Å². The Kier molecular flexibility index (Phi) is 4.93. The zero-order valence-corrected chi connectivity index (χ0v) is 15.4. The van der Waals surface area contributed by atoms with Crippen molar-refractivity contribution in [3.63, 3.8) is 0 Å². The van der Waals surface area contributed by atoms with E-state index in [1.54, 1.807) is 12.3 Å². The van der Waals surface area contributed by atoms with Crippen molar-refractivity contribution in [3.8, 4) is 11.5 Å². The summed E-state index contributed by atoms with van der Waals surface area (Å²) in [5.41, 5.74) is 3.26. The Morgan fingerprint density at radius 3 is 2.57 bits per heavy atom. The summed E-state index contributed by atoms with van der Waals surface area (Å²) in [6, 6.07) is 22.9. The highest BCUT2D eigenvalue weighted by molar-refractivity contribution is 5.97. The van der Waals surface area contributed by atoms with Crippen molar-refractivity contribution >= 4 is 11.9 Å². The molecule has 0 bridgehead atoms. The molecule has 0 radical (unpaired) electrons. The van der Waals surface area contributed by atoms with Crippen LogP contribution in [-0.2, 0) is 6.54 Å². The maximum atomic E-state index is 13.1. The number of aromatic nitrogens is 4. The Morgan fingerprint density at radius 2 is 1.82 bits per heavy atom. The Balaban J connectivity index is 1.70. The summed E-state index contributed by atoms with van der Waals surface area (Å²) in [5.74, 6) is 0.544. The van der Waals surface area contributed by atoms with E-state index in [9.17, 15) is 4.79 Å². The van der Waals surface area contributed by atoms with Crippen LogP contribution in [0.4, 0.5) is 5.95 Å². The van der Waals surface area contributed by atoms with Crippen LogP contribution in [0.3, 0.4) is 0 Å². The van der Waals surface area contributed by atoms with Crippen LogP contribution in [-0.4, -0.2) is 25.7 Å². The third-order valence-corrected chi connectivity index (χ3v) is 4.25. The van der Waals surface area contributed by atoms with E-state index in [0.717, 1.165) is 11.1 Å². The van der Waals surface area contributed by atoms with Crippen LogP contribution in [0.1, 0.15) is 21.5 Å². The lowest BCUT2D eigenvalue weighted by Crippen LogP contribution is -2.17. The van der Waals surface area contributed by atoms with Gasteiger partial charge in [0.25, 0.3) is 5.91 Å². The van der Waals surface area contributed by atoms with Gasteiger partial charge in [0.15, 0.2) is 0 Å². The number of nitrogens with one attached hydrogen (secondary N) is 1. The molecule has 2 heterocycles. The van der Waals surface area contributed by atoms with Crippen molar-refractivity contribution in [2.24, 2.45) is 0 Å². The number of anilines is 1. The van der Waals surface area contributed by atoms with E-state index in [0.29, 0.717) is 29.6 Å². The second-order valence-electron chi connectivity index (χ2n) is 6.40. The van der Waals surface area contributed by atoms with E-state index in [-0.39, 0.29) is 5.91 Å². The molecule has 4 rings (SSSR count). The highest BCUT2D eigenvalue weighted by Crippen LogP contribution is 2.18. The van der Waals surface area contributed by atoms with Crippen LogP contribution in [0.15, 0.2) is 79.0 Å². The minimum atomic E-state index is -0.242. The van der Waals surface area contributed by atoms with Gasteiger partial charge >= 0.3 is 0 Å². The summed E-state index contributed by atoms with van der Waals surface area (Å²) in [4.78, 5) is 21.9. The molecule has 0 saturated carbocycles. The minimum Gasteiger partial charge on any atom is -0.350 e. The van der Waals surface area contributed by atoms with Gasteiger partial charge in [-0.05, 0) is 36.8 Å². The molecule has 4 aromatic rings. The molecule has 0 aliphatic rings. The number of carbonyl (C=O) groups is 1. The fourth-order valence-electron chi connectivity index (χ4n) is 2.85. The van der Waals surface area contributed by atoms with Gasteiger partial charge in [-0.3, -0.25) is 9.78 Å². The third kappa shape index (κ3) is 3.81. The van der Waals surface area contributed by atoms with Crippen LogP contribution in [0, 0.1) is 6.92 Å². The highest BCUT2D eigenvalue weighted by Gasteiger charge is 2.19. The summed E-state index contributed by atoms with van der Waals surface area (Å²) in [7, 11) is 0. The molecule has 0 atom stereocenters. The summed E-state index contributed by atoms with van der Waals surface area (Å²) < 4.78 is 1.31. The molecule has 0 saturated heterocycles. The van der Waals surface area contributed by atoms with Gasteiger partial charge in [-0.1, -0.05) is 54.1 Å². The molecule has 0 amide bonds. The highest BCUT2D eigenvalue weighted by atomic mass is 16.2. The Hall–Kier alpha value is -3.80. The molecule has 28 heavy (non-hydrogen) atoms. The van der Waals surface area contributed by atoms with Crippen molar-refractivity contribution in [1.29, 1.82) is 0 Å². The smallest absolute Gasteiger partial charge is 0.281 e. The number of benzene rings is 2. The minimum absolute atomic E-state index is 0.242. The molecule has 0 unspecified atom stereocenters. The average Bonchev–Trinajstić information content (AvgIpc) is 3.17. The fourth-order valence-corrected chi connectivity index (χ4v) is 2.85. The lowest BCUT2D eigenvalue weighted by atomic mass is 10.1. The third-order valence-electron chi connectivity index (χ3n) is 4.25. The van der Waals surface area contributed by atoms with Gasteiger partial charge < -0.3 is 5.32 Å². The first-order valence-corrected chi connectivity index (χ1v) is 8.98. The molecule has 2 aromatic carbocycles. The normalized spacial score (nSPS) is 10.6. The number of aryl methyl sites for hydroxylation is 1. The summed E-state index contributed by atoms with van der Waals surface area (Å²) >= 11 is 0. The maximum absolute atomic E-state index is 13.1. The van der Waals surface area contributed by atoms with Crippen LogP contribution in [0.2, 0.25) is 0 Å². The monoisotopic (exact) mass is 369 g/mol. The Labute approximate surface area is 162 Å². The van der Waals surface area contributed by atoms with Crippen LogP contribution >= 0.6 is 0 Å². The number of hydrogen-bond acceptors (Lipinski definition) is 5. The maximum Gasteiger partial charge on any atom is 0.281 e. The predicted octanol–water partition coefficient (Wildman–Crippen LogP) is 3.95. The van der Waals surface area contributed by atoms with E-state index in [1.807, 2.05) is 73.7 Å².